The minimum atomic E-state index is -0.857. The molecular weight excluding hydrogens is 296 g/mol. The van der Waals surface area contributed by atoms with Crippen molar-refractivity contribution in [1.82, 2.24) is 10.2 Å². The molecule has 0 saturated carbocycles. The number of aromatic amines is 1. The third-order valence-electron chi connectivity index (χ3n) is 3.38. The van der Waals surface area contributed by atoms with E-state index in [0.717, 1.165) is 30.7 Å². The Bertz CT molecular complexity index is 625. The molecule has 6 nitrogen and oxygen atoms in total. The second kappa shape index (κ2) is 8.82. The van der Waals surface area contributed by atoms with E-state index in [1.54, 1.807) is 12.3 Å². The van der Waals surface area contributed by atoms with Gasteiger partial charge in [0.2, 0.25) is 5.88 Å². The van der Waals surface area contributed by atoms with Crippen LogP contribution in [0.1, 0.15) is 30.9 Å². The van der Waals surface area contributed by atoms with Crippen LogP contribution in [0.25, 0.3) is 0 Å². The van der Waals surface area contributed by atoms with Crippen LogP contribution >= 0.6 is 0 Å². The van der Waals surface area contributed by atoms with Crippen LogP contribution in [0.15, 0.2) is 30.5 Å². The summed E-state index contributed by atoms with van der Waals surface area (Å²) in [6, 6.07) is 7.25. The van der Waals surface area contributed by atoms with Crippen LogP contribution in [0.5, 0.6) is 11.6 Å². The van der Waals surface area contributed by atoms with E-state index in [0.29, 0.717) is 24.5 Å². The first kappa shape index (κ1) is 16.9. The number of carboxylic acids is 1. The smallest absolute Gasteiger partial charge is 0.307 e. The van der Waals surface area contributed by atoms with Crippen LogP contribution in [-0.4, -0.2) is 34.5 Å². The molecule has 2 aromatic rings. The van der Waals surface area contributed by atoms with Crippen LogP contribution in [0.2, 0.25) is 0 Å². The van der Waals surface area contributed by atoms with Crippen LogP contribution in [0.4, 0.5) is 0 Å². The molecule has 0 atom stereocenters. The zero-order valence-corrected chi connectivity index (χ0v) is 13.2. The Labute approximate surface area is 135 Å². The van der Waals surface area contributed by atoms with Gasteiger partial charge in [0.25, 0.3) is 0 Å². The Hall–Kier alpha value is -2.50. The van der Waals surface area contributed by atoms with Gasteiger partial charge in [-0.25, -0.2) is 5.10 Å². The normalized spacial score (nSPS) is 10.5. The Morgan fingerprint density at radius 1 is 1.22 bits per heavy atom. The highest BCUT2D eigenvalue weighted by Crippen LogP contribution is 2.20. The van der Waals surface area contributed by atoms with E-state index in [-0.39, 0.29) is 6.42 Å². The summed E-state index contributed by atoms with van der Waals surface area (Å²) < 4.78 is 11.2. The number of aromatic nitrogens is 2. The molecule has 0 bridgehead atoms. The fraction of sp³-hybridized carbons (Fsp3) is 0.412. The average molecular weight is 318 g/mol. The molecule has 23 heavy (non-hydrogen) atoms. The summed E-state index contributed by atoms with van der Waals surface area (Å²) in [6.07, 6.45) is 4.45. The lowest BCUT2D eigenvalue weighted by molar-refractivity contribution is -0.136. The maximum Gasteiger partial charge on any atom is 0.307 e. The molecule has 124 valence electrons. The number of nitrogens with zero attached hydrogens (tertiary/aromatic N) is 1. The molecule has 0 spiro atoms. The Balaban J connectivity index is 1.75. The first-order valence-electron chi connectivity index (χ1n) is 7.78. The zero-order chi connectivity index (χ0) is 16.5. The summed E-state index contributed by atoms with van der Waals surface area (Å²) in [5.74, 6) is 0.526. The van der Waals surface area contributed by atoms with E-state index >= 15 is 0 Å². The molecule has 0 aliphatic carbocycles. The lowest BCUT2D eigenvalue weighted by atomic mass is 10.1. The molecule has 1 aromatic carbocycles. The number of unbranched alkanes of at least 4 members (excludes halogenated alkanes) is 1. The number of nitrogens with one attached hydrogen (secondary N) is 1. The van der Waals surface area contributed by atoms with Crippen molar-refractivity contribution in [3.8, 4) is 11.6 Å². The van der Waals surface area contributed by atoms with Crippen molar-refractivity contribution in [2.24, 2.45) is 0 Å². The molecule has 0 saturated heterocycles. The van der Waals surface area contributed by atoms with Gasteiger partial charge in [-0.3, -0.25) is 4.79 Å². The fourth-order valence-electron chi connectivity index (χ4n) is 2.30. The lowest BCUT2D eigenvalue weighted by Crippen LogP contribution is -2.05. The molecular formula is C17H22N2O4. The Morgan fingerprint density at radius 2 is 2.04 bits per heavy atom. The summed E-state index contributed by atoms with van der Waals surface area (Å²) in [5, 5.41) is 15.7. The first-order valence-corrected chi connectivity index (χ1v) is 7.78. The van der Waals surface area contributed by atoms with Gasteiger partial charge in [0.15, 0.2) is 0 Å². The number of hydrogen-bond donors (Lipinski definition) is 2. The molecule has 0 aliphatic rings. The van der Waals surface area contributed by atoms with Gasteiger partial charge in [0.05, 0.1) is 25.8 Å². The molecule has 0 amide bonds. The highest BCUT2D eigenvalue weighted by molar-refractivity contribution is 5.71. The van der Waals surface area contributed by atoms with E-state index in [2.05, 4.69) is 10.2 Å². The molecule has 0 unspecified atom stereocenters. The van der Waals surface area contributed by atoms with Crippen molar-refractivity contribution in [3.63, 3.8) is 0 Å². The summed E-state index contributed by atoms with van der Waals surface area (Å²) in [6.45, 7) is 3.10. The molecule has 0 radical (unpaired) electrons. The third kappa shape index (κ3) is 5.32. The number of rotatable bonds is 10. The second-order valence-corrected chi connectivity index (χ2v) is 5.14. The average Bonchev–Trinajstić information content (AvgIpc) is 2.96. The van der Waals surface area contributed by atoms with E-state index in [1.165, 1.54) is 0 Å². The number of carbonyl (C=O) groups is 1. The third-order valence-corrected chi connectivity index (χ3v) is 3.38. The SMILES string of the molecule is CCOc1[nH]ncc1CCCCOc1ccccc1CC(=O)O. The van der Waals surface area contributed by atoms with E-state index in [4.69, 9.17) is 14.6 Å². The summed E-state index contributed by atoms with van der Waals surface area (Å²) in [5.41, 5.74) is 1.77. The van der Waals surface area contributed by atoms with Gasteiger partial charge >= 0.3 is 5.97 Å². The minimum absolute atomic E-state index is 0.0249. The van der Waals surface area contributed by atoms with Gasteiger partial charge in [-0.2, -0.15) is 5.10 Å². The summed E-state index contributed by atoms with van der Waals surface area (Å²) in [7, 11) is 0. The van der Waals surface area contributed by atoms with Crippen LogP contribution < -0.4 is 9.47 Å². The van der Waals surface area contributed by atoms with E-state index < -0.39 is 5.97 Å². The Kier molecular flexibility index (Phi) is 6.47. The lowest BCUT2D eigenvalue weighted by Gasteiger charge is -2.10. The minimum Gasteiger partial charge on any atom is -0.493 e. The number of carboxylic acid groups (broad SMARTS) is 1. The van der Waals surface area contributed by atoms with Crippen molar-refractivity contribution in [2.45, 2.75) is 32.6 Å². The molecule has 2 N–H and O–H groups in total. The number of hydrogen-bond acceptors (Lipinski definition) is 4. The number of aryl methyl sites for hydroxylation is 1. The van der Waals surface area contributed by atoms with Gasteiger partial charge < -0.3 is 14.6 Å². The topological polar surface area (TPSA) is 84.4 Å². The quantitative estimate of drug-likeness (QED) is 0.658. The van der Waals surface area contributed by atoms with Crippen LogP contribution in [0, 0.1) is 0 Å². The standard InChI is InChI=1S/C17H22N2O4/c1-2-22-17-14(12-18-19-17)8-5-6-10-23-15-9-4-3-7-13(15)11-16(20)21/h3-4,7,9,12H,2,5-6,8,10-11H2,1H3,(H,18,19)(H,20,21). The van der Waals surface area contributed by atoms with Gasteiger partial charge in [0, 0.05) is 11.1 Å². The zero-order valence-electron chi connectivity index (χ0n) is 13.2. The molecule has 0 aliphatic heterocycles. The largest absolute Gasteiger partial charge is 0.493 e. The second-order valence-electron chi connectivity index (χ2n) is 5.14. The van der Waals surface area contributed by atoms with Crippen molar-refractivity contribution in [3.05, 3.63) is 41.6 Å². The van der Waals surface area contributed by atoms with Gasteiger partial charge in [-0.05, 0) is 32.3 Å². The van der Waals surface area contributed by atoms with Crippen molar-refractivity contribution < 1.29 is 19.4 Å². The van der Waals surface area contributed by atoms with Gasteiger partial charge in [-0.1, -0.05) is 18.2 Å². The highest BCUT2D eigenvalue weighted by atomic mass is 16.5. The van der Waals surface area contributed by atoms with Gasteiger partial charge in [0.1, 0.15) is 5.75 Å². The fourth-order valence-corrected chi connectivity index (χ4v) is 2.30. The molecule has 6 heteroatoms. The summed E-state index contributed by atoms with van der Waals surface area (Å²) in [4.78, 5) is 10.8. The van der Waals surface area contributed by atoms with Crippen LogP contribution in [0.3, 0.4) is 0 Å². The predicted octanol–water partition coefficient (Wildman–Crippen LogP) is 2.84. The van der Waals surface area contributed by atoms with E-state index in [9.17, 15) is 4.79 Å². The number of para-hydroxylation sites is 1. The Morgan fingerprint density at radius 3 is 2.83 bits per heavy atom. The predicted molar refractivity (Wildman–Crippen MR) is 86.0 cm³/mol. The number of H-pyrrole nitrogens is 1. The van der Waals surface area contributed by atoms with Crippen molar-refractivity contribution in [1.29, 1.82) is 0 Å². The summed E-state index contributed by atoms with van der Waals surface area (Å²) >= 11 is 0. The molecule has 1 aromatic heterocycles. The monoisotopic (exact) mass is 318 g/mol. The number of aliphatic carboxylic acids is 1. The highest BCUT2D eigenvalue weighted by Gasteiger charge is 2.08. The first-order chi connectivity index (χ1) is 11.2. The van der Waals surface area contributed by atoms with Crippen LogP contribution in [-0.2, 0) is 17.6 Å². The van der Waals surface area contributed by atoms with E-state index in [1.807, 2.05) is 25.1 Å². The van der Waals surface area contributed by atoms with Gasteiger partial charge in [-0.15, -0.1) is 0 Å². The maximum absolute atomic E-state index is 10.8. The van der Waals surface area contributed by atoms with Crippen molar-refractivity contribution >= 4 is 5.97 Å². The molecule has 2 rings (SSSR count). The molecule has 0 fully saturated rings. The van der Waals surface area contributed by atoms with Crippen molar-refractivity contribution in [2.75, 3.05) is 13.2 Å². The maximum atomic E-state index is 10.8. The number of ether oxygens (including phenoxy) is 2. The molecule has 1 heterocycles. The number of benzene rings is 1.